The van der Waals surface area contributed by atoms with Gasteiger partial charge in [-0.3, -0.25) is 9.59 Å². The molecule has 0 saturated carbocycles. The number of thiazole rings is 1. The Morgan fingerprint density at radius 3 is 2.72 bits per heavy atom. The highest BCUT2D eigenvalue weighted by Gasteiger charge is 2.42. The van der Waals surface area contributed by atoms with Crippen LogP contribution in [0.2, 0.25) is 0 Å². The van der Waals surface area contributed by atoms with Gasteiger partial charge in [0.05, 0.1) is 17.5 Å². The van der Waals surface area contributed by atoms with E-state index in [4.69, 9.17) is 0 Å². The Balaban J connectivity index is 1.35. The number of likely N-dealkylation sites (N-methyl/N-ethyl adjacent to an activating group) is 1. The number of aromatic nitrogens is 1. The van der Waals surface area contributed by atoms with Crippen LogP contribution in [0.25, 0.3) is 22.0 Å². The summed E-state index contributed by atoms with van der Waals surface area (Å²) in [6, 6.07) is 20.1. The van der Waals surface area contributed by atoms with Crippen LogP contribution in [0.1, 0.15) is 25.0 Å². The van der Waals surface area contributed by atoms with Crippen LogP contribution >= 0.6 is 11.3 Å². The SMILES string of the molecule is CN1C(=O)C(C)(C)c2cc(-c3csc(NC(=O)Cc4cccc5ccccc45)n3)ccc21. The maximum absolute atomic E-state index is 12.7. The summed E-state index contributed by atoms with van der Waals surface area (Å²) in [5.41, 5.74) is 4.08. The number of amides is 2. The van der Waals surface area contributed by atoms with Gasteiger partial charge < -0.3 is 10.2 Å². The minimum atomic E-state index is -0.564. The van der Waals surface area contributed by atoms with Crippen molar-refractivity contribution in [1.82, 2.24) is 4.98 Å². The first-order valence-electron chi connectivity index (χ1n) is 10.5. The van der Waals surface area contributed by atoms with E-state index < -0.39 is 5.41 Å². The molecule has 1 aliphatic rings. The van der Waals surface area contributed by atoms with Gasteiger partial charge in [0.15, 0.2) is 5.13 Å². The molecule has 2 heterocycles. The highest BCUT2D eigenvalue weighted by Crippen LogP contribution is 2.42. The van der Waals surface area contributed by atoms with Crippen LogP contribution in [0.3, 0.4) is 0 Å². The van der Waals surface area contributed by atoms with Crippen LogP contribution < -0.4 is 10.2 Å². The second-order valence-corrected chi connectivity index (χ2v) is 9.48. The summed E-state index contributed by atoms with van der Waals surface area (Å²) in [4.78, 5) is 31.6. The van der Waals surface area contributed by atoms with Gasteiger partial charge in [-0.25, -0.2) is 4.98 Å². The van der Waals surface area contributed by atoms with E-state index in [9.17, 15) is 9.59 Å². The van der Waals surface area contributed by atoms with Gasteiger partial charge in [-0.2, -0.15) is 0 Å². The standard InChI is InChI=1S/C26H23N3O2S/c1-26(2)20-13-18(11-12-22(20)29(3)24(26)31)21-15-32-25(27-21)28-23(30)14-17-9-6-8-16-7-4-5-10-19(16)17/h4-13,15H,14H2,1-3H3,(H,27,28,30). The topological polar surface area (TPSA) is 62.3 Å². The van der Waals surface area contributed by atoms with Crippen molar-refractivity contribution in [2.24, 2.45) is 0 Å². The normalized spacial score (nSPS) is 14.6. The van der Waals surface area contributed by atoms with Crippen molar-refractivity contribution in [2.45, 2.75) is 25.7 Å². The first kappa shape index (κ1) is 20.4. The molecule has 4 aromatic rings. The molecule has 0 radical (unpaired) electrons. The smallest absolute Gasteiger partial charge is 0.236 e. The Labute approximate surface area is 190 Å². The quantitative estimate of drug-likeness (QED) is 0.461. The molecule has 2 amide bonds. The first-order chi connectivity index (χ1) is 15.3. The lowest BCUT2D eigenvalue weighted by molar-refractivity contribution is -0.121. The van der Waals surface area contributed by atoms with Crippen LogP contribution in [-0.2, 0) is 21.4 Å². The van der Waals surface area contributed by atoms with Crippen LogP contribution in [0.4, 0.5) is 10.8 Å². The minimum absolute atomic E-state index is 0.0873. The molecule has 5 nitrogen and oxygen atoms in total. The lowest BCUT2D eigenvalue weighted by Gasteiger charge is -2.16. The van der Waals surface area contributed by atoms with Gasteiger partial charge in [0.2, 0.25) is 11.8 Å². The molecule has 0 fully saturated rings. The average molecular weight is 442 g/mol. The second-order valence-electron chi connectivity index (χ2n) is 8.62. The Kier molecular flexibility index (Phi) is 4.82. The summed E-state index contributed by atoms with van der Waals surface area (Å²) >= 11 is 1.40. The van der Waals surface area contributed by atoms with Crippen LogP contribution in [0.15, 0.2) is 66.0 Å². The van der Waals surface area contributed by atoms with Crippen molar-refractivity contribution in [3.63, 3.8) is 0 Å². The van der Waals surface area contributed by atoms with E-state index in [1.807, 2.05) is 86.9 Å². The summed E-state index contributed by atoms with van der Waals surface area (Å²) < 4.78 is 0. The fourth-order valence-electron chi connectivity index (χ4n) is 4.38. The molecule has 0 aliphatic carbocycles. The van der Waals surface area contributed by atoms with Crippen LogP contribution in [0.5, 0.6) is 0 Å². The van der Waals surface area contributed by atoms with E-state index in [-0.39, 0.29) is 18.2 Å². The van der Waals surface area contributed by atoms with E-state index in [2.05, 4.69) is 10.3 Å². The van der Waals surface area contributed by atoms with Crippen molar-refractivity contribution in [1.29, 1.82) is 0 Å². The molecular formula is C26H23N3O2S. The van der Waals surface area contributed by atoms with Gasteiger partial charge in [-0.05, 0) is 47.9 Å². The van der Waals surface area contributed by atoms with Gasteiger partial charge in [0.25, 0.3) is 0 Å². The lowest BCUT2D eigenvalue weighted by atomic mass is 9.85. The summed E-state index contributed by atoms with van der Waals surface area (Å²) in [6.45, 7) is 3.89. The summed E-state index contributed by atoms with van der Waals surface area (Å²) in [6.07, 6.45) is 0.289. The predicted molar refractivity (Wildman–Crippen MR) is 130 cm³/mol. The molecule has 0 bridgehead atoms. The zero-order valence-electron chi connectivity index (χ0n) is 18.2. The second kappa shape index (κ2) is 7.57. The van der Waals surface area contributed by atoms with Crippen molar-refractivity contribution in [2.75, 3.05) is 17.3 Å². The molecular weight excluding hydrogens is 418 g/mol. The van der Waals surface area contributed by atoms with Crippen LogP contribution in [0, 0.1) is 0 Å². The third-order valence-electron chi connectivity index (χ3n) is 6.15. The van der Waals surface area contributed by atoms with E-state index >= 15 is 0 Å². The van der Waals surface area contributed by atoms with Gasteiger partial charge in [0.1, 0.15) is 0 Å². The number of carbonyl (C=O) groups excluding carboxylic acids is 2. The highest BCUT2D eigenvalue weighted by atomic mass is 32.1. The lowest BCUT2D eigenvalue weighted by Crippen LogP contribution is -2.33. The van der Waals surface area contributed by atoms with Gasteiger partial charge in [-0.1, -0.05) is 48.5 Å². The monoisotopic (exact) mass is 441 g/mol. The number of rotatable bonds is 4. The van der Waals surface area contributed by atoms with E-state index in [1.165, 1.54) is 11.3 Å². The Hall–Kier alpha value is -3.51. The van der Waals surface area contributed by atoms with Crippen molar-refractivity contribution >= 4 is 44.7 Å². The van der Waals surface area contributed by atoms with Crippen molar-refractivity contribution in [3.05, 3.63) is 77.2 Å². The number of hydrogen-bond donors (Lipinski definition) is 1. The van der Waals surface area contributed by atoms with E-state index in [0.29, 0.717) is 5.13 Å². The average Bonchev–Trinajstić information content (AvgIpc) is 3.31. The number of fused-ring (bicyclic) bond motifs is 2. The zero-order chi connectivity index (χ0) is 22.5. The van der Waals surface area contributed by atoms with Crippen LogP contribution in [-0.4, -0.2) is 23.8 Å². The molecule has 32 heavy (non-hydrogen) atoms. The first-order valence-corrected chi connectivity index (χ1v) is 11.4. The molecule has 1 aliphatic heterocycles. The number of nitrogens with zero attached hydrogens (tertiary/aromatic N) is 2. The fraction of sp³-hybridized carbons (Fsp3) is 0.192. The molecule has 1 aromatic heterocycles. The van der Waals surface area contributed by atoms with Crippen molar-refractivity contribution in [3.8, 4) is 11.3 Å². The Morgan fingerprint density at radius 1 is 1.09 bits per heavy atom. The molecule has 5 rings (SSSR count). The molecule has 0 spiro atoms. The maximum atomic E-state index is 12.7. The summed E-state index contributed by atoms with van der Waals surface area (Å²) in [5, 5.41) is 7.65. The molecule has 0 saturated heterocycles. The number of benzene rings is 3. The highest BCUT2D eigenvalue weighted by molar-refractivity contribution is 7.14. The largest absolute Gasteiger partial charge is 0.314 e. The number of hydrogen-bond acceptors (Lipinski definition) is 4. The maximum Gasteiger partial charge on any atom is 0.236 e. The summed E-state index contributed by atoms with van der Waals surface area (Å²) in [7, 11) is 1.81. The molecule has 3 aromatic carbocycles. The number of nitrogens with one attached hydrogen (secondary N) is 1. The fourth-order valence-corrected chi connectivity index (χ4v) is 5.11. The Morgan fingerprint density at radius 2 is 1.88 bits per heavy atom. The number of anilines is 2. The van der Waals surface area contributed by atoms with E-state index in [1.54, 1.807) is 4.90 Å². The predicted octanol–water partition coefficient (Wildman–Crippen LogP) is 5.40. The molecule has 1 N–H and O–H groups in total. The molecule has 0 unspecified atom stereocenters. The van der Waals surface area contributed by atoms with Gasteiger partial charge in [0, 0.05) is 23.7 Å². The summed E-state index contributed by atoms with van der Waals surface area (Å²) in [5.74, 6) is -0.00567. The van der Waals surface area contributed by atoms with Crippen molar-refractivity contribution < 1.29 is 9.59 Å². The zero-order valence-corrected chi connectivity index (χ0v) is 19.0. The minimum Gasteiger partial charge on any atom is -0.314 e. The number of carbonyl (C=O) groups is 2. The molecule has 0 atom stereocenters. The molecule has 160 valence electrons. The Bertz CT molecular complexity index is 1370. The third kappa shape index (κ3) is 3.37. The van der Waals surface area contributed by atoms with Gasteiger partial charge >= 0.3 is 0 Å². The van der Waals surface area contributed by atoms with E-state index in [0.717, 1.165) is 38.8 Å². The van der Waals surface area contributed by atoms with Gasteiger partial charge in [-0.15, -0.1) is 11.3 Å². The third-order valence-corrected chi connectivity index (χ3v) is 6.91. The molecule has 6 heteroatoms.